The van der Waals surface area contributed by atoms with Crippen LogP contribution < -0.4 is 5.32 Å². The molecular formula is C22H22N4O. The molecule has 4 rings (SSSR count). The molecule has 1 aliphatic rings. The Morgan fingerprint density at radius 1 is 1.30 bits per heavy atom. The van der Waals surface area contributed by atoms with Gasteiger partial charge >= 0.3 is 0 Å². The van der Waals surface area contributed by atoms with Crippen LogP contribution in [0.4, 0.5) is 0 Å². The van der Waals surface area contributed by atoms with Gasteiger partial charge in [-0.05, 0) is 79.5 Å². The van der Waals surface area contributed by atoms with E-state index >= 15 is 0 Å². The van der Waals surface area contributed by atoms with Crippen LogP contribution in [0.5, 0.6) is 0 Å². The number of benzene rings is 2. The molecule has 27 heavy (non-hydrogen) atoms. The van der Waals surface area contributed by atoms with Gasteiger partial charge in [-0.3, -0.25) is 4.79 Å². The summed E-state index contributed by atoms with van der Waals surface area (Å²) in [5.41, 5.74) is 5.82. The van der Waals surface area contributed by atoms with Gasteiger partial charge in [0.05, 0.1) is 29.0 Å². The summed E-state index contributed by atoms with van der Waals surface area (Å²) in [6.45, 7) is 0.656. The highest BCUT2D eigenvalue weighted by Crippen LogP contribution is 2.35. The number of hydrogen-bond donors (Lipinski definition) is 2. The van der Waals surface area contributed by atoms with E-state index in [0.717, 1.165) is 42.3 Å². The quantitative estimate of drug-likeness (QED) is 0.675. The summed E-state index contributed by atoms with van der Waals surface area (Å²) in [4.78, 5) is 19.6. The lowest BCUT2D eigenvalue weighted by Gasteiger charge is -2.25. The first-order valence-corrected chi connectivity index (χ1v) is 9.49. The molecule has 1 unspecified atom stereocenters. The monoisotopic (exact) mass is 358 g/mol. The molecule has 0 radical (unpaired) electrons. The first-order chi connectivity index (χ1) is 13.2. The van der Waals surface area contributed by atoms with E-state index in [4.69, 9.17) is 5.26 Å². The molecule has 0 saturated heterocycles. The Balaban J connectivity index is 1.33. The van der Waals surface area contributed by atoms with Gasteiger partial charge in [0.25, 0.3) is 5.91 Å². The van der Waals surface area contributed by atoms with Crippen molar-refractivity contribution in [2.75, 3.05) is 6.54 Å². The number of hydrogen-bond acceptors (Lipinski definition) is 3. The van der Waals surface area contributed by atoms with Gasteiger partial charge in [0, 0.05) is 12.1 Å². The summed E-state index contributed by atoms with van der Waals surface area (Å²) >= 11 is 0. The Hall–Kier alpha value is -3.13. The van der Waals surface area contributed by atoms with Gasteiger partial charge in [-0.15, -0.1) is 0 Å². The standard InChI is InChI=1S/C22H22N4O/c23-13-15-6-7-17-4-1-3-16(19(17)11-15)5-2-10-24-22(27)18-8-9-20-21(12-18)26-14-25-20/h6-9,11-12,14,16H,1-5,10H2,(H,24,27)(H,25,26). The number of nitriles is 1. The first kappa shape index (κ1) is 17.3. The number of aromatic nitrogens is 2. The van der Waals surface area contributed by atoms with Crippen LogP contribution in [0.15, 0.2) is 42.7 Å². The predicted molar refractivity (Wildman–Crippen MR) is 104 cm³/mol. The molecule has 2 aromatic carbocycles. The molecule has 0 fully saturated rings. The third-order valence-corrected chi connectivity index (χ3v) is 5.41. The highest BCUT2D eigenvalue weighted by Gasteiger charge is 2.20. The lowest BCUT2D eigenvalue weighted by molar-refractivity contribution is 0.0953. The number of H-pyrrole nitrogens is 1. The summed E-state index contributed by atoms with van der Waals surface area (Å²) in [6, 6.07) is 13.8. The van der Waals surface area contributed by atoms with Crippen molar-refractivity contribution in [1.29, 1.82) is 5.26 Å². The number of rotatable bonds is 5. The van der Waals surface area contributed by atoms with Gasteiger partial charge < -0.3 is 10.3 Å². The number of fused-ring (bicyclic) bond motifs is 2. The molecule has 1 aromatic heterocycles. The normalized spacial score (nSPS) is 15.9. The van der Waals surface area contributed by atoms with E-state index < -0.39 is 0 Å². The summed E-state index contributed by atoms with van der Waals surface area (Å²) in [5, 5.41) is 12.2. The van der Waals surface area contributed by atoms with Crippen LogP contribution in [0.1, 0.15) is 58.6 Å². The molecule has 1 aliphatic carbocycles. The van der Waals surface area contributed by atoms with Gasteiger partial charge in [0.1, 0.15) is 0 Å². The van der Waals surface area contributed by atoms with Crippen molar-refractivity contribution in [2.45, 2.75) is 38.0 Å². The molecule has 3 aromatic rings. The molecule has 0 bridgehead atoms. The van der Waals surface area contributed by atoms with E-state index in [9.17, 15) is 4.79 Å². The van der Waals surface area contributed by atoms with Crippen molar-refractivity contribution in [2.24, 2.45) is 0 Å². The molecule has 0 aliphatic heterocycles. The Morgan fingerprint density at radius 3 is 3.11 bits per heavy atom. The largest absolute Gasteiger partial charge is 0.352 e. The SMILES string of the molecule is N#Cc1ccc2c(c1)C(CCCNC(=O)c1ccc3nc[nH]c3c1)CCC2. The number of nitrogens with one attached hydrogen (secondary N) is 2. The van der Waals surface area contributed by atoms with Gasteiger partial charge in [-0.25, -0.2) is 4.98 Å². The molecule has 0 saturated carbocycles. The smallest absolute Gasteiger partial charge is 0.251 e. The number of carbonyl (C=O) groups is 1. The lowest BCUT2D eigenvalue weighted by Crippen LogP contribution is -2.25. The number of nitrogens with zero attached hydrogens (tertiary/aromatic N) is 2. The van der Waals surface area contributed by atoms with Crippen LogP contribution in [0.25, 0.3) is 11.0 Å². The number of carbonyl (C=O) groups excluding carboxylic acids is 1. The molecule has 1 heterocycles. The van der Waals surface area contributed by atoms with E-state index in [1.165, 1.54) is 17.5 Å². The van der Waals surface area contributed by atoms with Gasteiger partial charge in [-0.1, -0.05) is 6.07 Å². The fourth-order valence-corrected chi connectivity index (χ4v) is 4.00. The second kappa shape index (κ2) is 7.63. The summed E-state index contributed by atoms with van der Waals surface area (Å²) in [5.74, 6) is 0.433. The number of imidazole rings is 1. The van der Waals surface area contributed by atoms with Crippen molar-refractivity contribution in [3.8, 4) is 6.07 Å². The topological polar surface area (TPSA) is 81.6 Å². The van der Waals surface area contributed by atoms with Crippen molar-refractivity contribution >= 4 is 16.9 Å². The average molecular weight is 358 g/mol. The van der Waals surface area contributed by atoms with Crippen molar-refractivity contribution < 1.29 is 4.79 Å². The molecule has 5 heteroatoms. The summed E-state index contributed by atoms with van der Waals surface area (Å²) < 4.78 is 0. The maximum absolute atomic E-state index is 12.4. The minimum atomic E-state index is -0.0534. The zero-order valence-electron chi connectivity index (χ0n) is 15.2. The number of amides is 1. The van der Waals surface area contributed by atoms with Crippen LogP contribution in [-0.4, -0.2) is 22.4 Å². The van der Waals surface area contributed by atoms with Gasteiger partial charge in [0.2, 0.25) is 0 Å². The second-order valence-corrected chi connectivity index (χ2v) is 7.15. The third-order valence-electron chi connectivity index (χ3n) is 5.41. The molecule has 1 atom stereocenters. The Kier molecular flexibility index (Phi) is 4.88. The van der Waals surface area contributed by atoms with Crippen LogP contribution in [0.2, 0.25) is 0 Å². The minimum Gasteiger partial charge on any atom is -0.352 e. The fraction of sp³-hybridized carbons (Fsp3) is 0.318. The maximum Gasteiger partial charge on any atom is 0.251 e. The average Bonchev–Trinajstić information content (AvgIpc) is 3.18. The minimum absolute atomic E-state index is 0.0534. The Morgan fingerprint density at radius 2 is 2.22 bits per heavy atom. The van der Waals surface area contributed by atoms with Crippen molar-refractivity contribution in [3.63, 3.8) is 0 Å². The van der Waals surface area contributed by atoms with Crippen molar-refractivity contribution in [3.05, 3.63) is 65.0 Å². The van der Waals surface area contributed by atoms with Gasteiger partial charge in [-0.2, -0.15) is 5.26 Å². The molecule has 2 N–H and O–H groups in total. The molecular weight excluding hydrogens is 336 g/mol. The van der Waals surface area contributed by atoms with E-state index in [1.807, 2.05) is 18.2 Å². The third kappa shape index (κ3) is 3.70. The molecule has 0 spiro atoms. The van der Waals surface area contributed by atoms with E-state index in [1.54, 1.807) is 12.4 Å². The van der Waals surface area contributed by atoms with E-state index in [2.05, 4.69) is 33.5 Å². The Labute approximate surface area is 158 Å². The second-order valence-electron chi connectivity index (χ2n) is 7.15. The van der Waals surface area contributed by atoms with Crippen LogP contribution in [0.3, 0.4) is 0 Å². The first-order valence-electron chi connectivity index (χ1n) is 9.49. The van der Waals surface area contributed by atoms with Crippen LogP contribution >= 0.6 is 0 Å². The highest BCUT2D eigenvalue weighted by atomic mass is 16.1. The highest BCUT2D eigenvalue weighted by molar-refractivity contribution is 5.97. The maximum atomic E-state index is 12.4. The zero-order chi connectivity index (χ0) is 18.6. The number of aryl methyl sites for hydroxylation is 1. The lowest BCUT2D eigenvalue weighted by atomic mass is 9.80. The molecule has 136 valence electrons. The summed E-state index contributed by atoms with van der Waals surface area (Å²) in [6.07, 6.45) is 7.05. The zero-order valence-corrected chi connectivity index (χ0v) is 15.2. The summed E-state index contributed by atoms with van der Waals surface area (Å²) in [7, 11) is 0. The van der Waals surface area contributed by atoms with Crippen LogP contribution in [0, 0.1) is 11.3 Å². The molecule has 5 nitrogen and oxygen atoms in total. The molecule has 1 amide bonds. The van der Waals surface area contributed by atoms with E-state index in [0.29, 0.717) is 18.0 Å². The van der Waals surface area contributed by atoms with Gasteiger partial charge in [0.15, 0.2) is 0 Å². The predicted octanol–water partition coefficient (Wildman–Crippen LogP) is 4.06. The van der Waals surface area contributed by atoms with Crippen LogP contribution in [-0.2, 0) is 6.42 Å². The number of aromatic amines is 1. The van der Waals surface area contributed by atoms with E-state index in [-0.39, 0.29) is 5.91 Å². The fourth-order valence-electron chi connectivity index (χ4n) is 4.00. The van der Waals surface area contributed by atoms with Crippen molar-refractivity contribution in [1.82, 2.24) is 15.3 Å². The Bertz CT molecular complexity index is 1010.